The summed E-state index contributed by atoms with van der Waals surface area (Å²) in [7, 11) is 1.52. The van der Waals surface area contributed by atoms with Crippen LogP contribution in [0.5, 0.6) is 11.5 Å². The van der Waals surface area contributed by atoms with Gasteiger partial charge in [-0.3, -0.25) is 9.59 Å². The zero-order chi connectivity index (χ0) is 23.6. The van der Waals surface area contributed by atoms with E-state index in [0.29, 0.717) is 28.4 Å². The lowest BCUT2D eigenvalue weighted by molar-refractivity contribution is -0.118. The molecule has 3 aromatic rings. The Bertz CT molecular complexity index is 1210. The number of carbonyl (C=O) groups excluding carboxylic acids is 2. The number of ether oxygens (including phenoxy) is 2. The van der Waals surface area contributed by atoms with Gasteiger partial charge in [0.1, 0.15) is 23.1 Å². The molecule has 2 N–H and O–H groups in total. The number of hydrogen-bond donors (Lipinski definition) is 2. The zero-order valence-electron chi connectivity index (χ0n) is 18.3. The fourth-order valence-corrected chi connectivity index (χ4v) is 2.93. The number of rotatable bonds is 8. The maximum atomic E-state index is 12.5. The zero-order valence-corrected chi connectivity index (χ0v) is 18.3. The molecule has 2 amide bonds. The van der Waals surface area contributed by atoms with Crippen LogP contribution < -0.4 is 20.1 Å². The number of hydrogen-bond acceptors (Lipinski definition) is 5. The van der Waals surface area contributed by atoms with E-state index in [0.717, 1.165) is 5.56 Å². The van der Waals surface area contributed by atoms with E-state index >= 15 is 0 Å². The molecule has 7 heteroatoms. The summed E-state index contributed by atoms with van der Waals surface area (Å²) in [6, 6.07) is 23.1. The number of nitrogens with zero attached hydrogens (tertiary/aromatic N) is 1. The monoisotopic (exact) mass is 441 g/mol. The summed E-state index contributed by atoms with van der Waals surface area (Å²) in [5.41, 5.74) is 2.75. The van der Waals surface area contributed by atoms with Crippen LogP contribution in [0.3, 0.4) is 0 Å². The van der Waals surface area contributed by atoms with E-state index in [-0.39, 0.29) is 18.1 Å². The minimum Gasteiger partial charge on any atom is -0.495 e. The number of methoxy groups -OCH3 is 1. The average molecular weight is 441 g/mol. The SMILES string of the molecule is COc1ccccc1NC(=O)COc1cccc(/C=C(/C#N)C(=O)Nc2ccc(C)cc2)c1. The molecular formula is C26H23N3O4. The predicted octanol–water partition coefficient (Wildman–Crippen LogP) is 4.57. The molecule has 0 unspecified atom stereocenters. The molecule has 0 fully saturated rings. The minimum atomic E-state index is -0.510. The molecule has 0 aromatic heterocycles. The Kier molecular flexibility index (Phi) is 7.81. The molecule has 166 valence electrons. The minimum absolute atomic E-state index is 0.0540. The molecule has 0 heterocycles. The quantitative estimate of drug-likeness (QED) is 0.394. The Balaban J connectivity index is 1.63. The fourth-order valence-electron chi connectivity index (χ4n) is 2.93. The third-order valence-electron chi connectivity index (χ3n) is 4.59. The Morgan fingerprint density at radius 1 is 1.00 bits per heavy atom. The van der Waals surface area contributed by atoms with Crippen LogP contribution in [0, 0.1) is 18.3 Å². The van der Waals surface area contributed by atoms with Crippen LogP contribution in [-0.4, -0.2) is 25.5 Å². The van der Waals surface area contributed by atoms with Gasteiger partial charge in [-0.2, -0.15) is 5.26 Å². The van der Waals surface area contributed by atoms with Crippen molar-refractivity contribution in [2.45, 2.75) is 6.92 Å². The Labute approximate surface area is 192 Å². The molecule has 7 nitrogen and oxygen atoms in total. The van der Waals surface area contributed by atoms with Crippen LogP contribution in [0.15, 0.2) is 78.4 Å². The number of para-hydroxylation sites is 2. The number of anilines is 2. The van der Waals surface area contributed by atoms with E-state index in [9.17, 15) is 14.9 Å². The first kappa shape index (κ1) is 23.1. The van der Waals surface area contributed by atoms with Crippen molar-refractivity contribution in [3.63, 3.8) is 0 Å². The maximum absolute atomic E-state index is 12.5. The Morgan fingerprint density at radius 3 is 2.48 bits per heavy atom. The van der Waals surface area contributed by atoms with Gasteiger partial charge in [-0.1, -0.05) is 42.0 Å². The molecule has 3 rings (SSSR count). The molecule has 0 aliphatic carbocycles. The normalized spacial score (nSPS) is 10.6. The molecule has 33 heavy (non-hydrogen) atoms. The highest BCUT2D eigenvalue weighted by molar-refractivity contribution is 6.09. The highest BCUT2D eigenvalue weighted by Gasteiger charge is 2.11. The lowest BCUT2D eigenvalue weighted by Gasteiger charge is -2.11. The first-order valence-electron chi connectivity index (χ1n) is 10.1. The molecule has 0 saturated carbocycles. The van der Waals surface area contributed by atoms with E-state index in [1.54, 1.807) is 60.7 Å². The van der Waals surface area contributed by atoms with Gasteiger partial charge in [0, 0.05) is 5.69 Å². The van der Waals surface area contributed by atoms with Gasteiger partial charge in [0.25, 0.3) is 11.8 Å². The molecule has 0 aliphatic heterocycles. The van der Waals surface area contributed by atoms with Crippen molar-refractivity contribution in [3.05, 3.63) is 89.5 Å². The third-order valence-corrected chi connectivity index (χ3v) is 4.59. The molecule has 0 spiro atoms. The van der Waals surface area contributed by atoms with E-state index in [1.165, 1.54) is 13.2 Å². The Hall–Kier alpha value is -4.57. The van der Waals surface area contributed by atoms with Crippen LogP contribution in [-0.2, 0) is 9.59 Å². The van der Waals surface area contributed by atoms with Crippen LogP contribution in [0.25, 0.3) is 6.08 Å². The molecule has 0 atom stereocenters. The van der Waals surface area contributed by atoms with E-state index in [2.05, 4.69) is 10.6 Å². The van der Waals surface area contributed by atoms with Crippen LogP contribution in [0.1, 0.15) is 11.1 Å². The second-order valence-electron chi connectivity index (χ2n) is 7.10. The van der Waals surface area contributed by atoms with Crippen molar-refractivity contribution >= 4 is 29.3 Å². The van der Waals surface area contributed by atoms with Crippen molar-refractivity contribution in [3.8, 4) is 17.6 Å². The van der Waals surface area contributed by atoms with Crippen LogP contribution >= 0.6 is 0 Å². The number of carbonyl (C=O) groups is 2. The lowest BCUT2D eigenvalue weighted by Crippen LogP contribution is -2.20. The molecular weight excluding hydrogens is 418 g/mol. The molecule has 0 saturated heterocycles. The van der Waals surface area contributed by atoms with Crippen molar-refractivity contribution in [2.75, 3.05) is 24.4 Å². The summed E-state index contributed by atoms with van der Waals surface area (Å²) < 4.78 is 10.8. The number of benzene rings is 3. The Morgan fingerprint density at radius 2 is 1.76 bits per heavy atom. The number of nitrogens with one attached hydrogen (secondary N) is 2. The summed E-state index contributed by atoms with van der Waals surface area (Å²) in [5, 5.41) is 14.9. The van der Waals surface area contributed by atoms with Crippen molar-refractivity contribution < 1.29 is 19.1 Å². The van der Waals surface area contributed by atoms with Gasteiger partial charge in [-0.25, -0.2) is 0 Å². The largest absolute Gasteiger partial charge is 0.495 e. The van der Waals surface area contributed by atoms with Crippen molar-refractivity contribution in [2.24, 2.45) is 0 Å². The average Bonchev–Trinajstić information content (AvgIpc) is 2.83. The van der Waals surface area contributed by atoms with Crippen molar-refractivity contribution in [1.29, 1.82) is 5.26 Å². The van der Waals surface area contributed by atoms with Gasteiger partial charge in [-0.05, 0) is 55.0 Å². The number of aryl methyl sites for hydroxylation is 1. The summed E-state index contributed by atoms with van der Waals surface area (Å²) in [4.78, 5) is 24.7. The maximum Gasteiger partial charge on any atom is 0.266 e. The van der Waals surface area contributed by atoms with Gasteiger partial charge in [0.05, 0.1) is 12.8 Å². The van der Waals surface area contributed by atoms with Gasteiger partial charge in [-0.15, -0.1) is 0 Å². The van der Waals surface area contributed by atoms with Gasteiger partial charge in [0.15, 0.2) is 6.61 Å². The number of nitriles is 1. The van der Waals surface area contributed by atoms with Gasteiger partial charge < -0.3 is 20.1 Å². The number of amides is 2. The highest BCUT2D eigenvalue weighted by Crippen LogP contribution is 2.23. The third kappa shape index (κ3) is 6.71. The molecule has 0 radical (unpaired) electrons. The highest BCUT2D eigenvalue weighted by atomic mass is 16.5. The van der Waals surface area contributed by atoms with Crippen molar-refractivity contribution in [1.82, 2.24) is 0 Å². The second kappa shape index (κ2) is 11.2. The summed E-state index contributed by atoms with van der Waals surface area (Å²) >= 11 is 0. The first-order valence-corrected chi connectivity index (χ1v) is 10.1. The molecule has 0 bridgehead atoms. The molecule has 0 aliphatic rings. The summed E-state index contributed by atoms with van der Waals surface area (Å²) in [6.45, 7) is 1.73. The lowest BCUT2D eigenvalue weighted by atomic mass is 10.1. The van der Waals surface area contributed by atoms with Gasteiger partial charge >= 0.3 is 0 Å². The molecule has 3 aromatic carbocycles. The standard InChI is InChI=1S/C26H23N3O4/c1-18-10-12-21(13-11-18)28-26(31)20(16-27)14-19-6-5-7-22(15-19)33-17-25(30)29-23-8-3-4-9-24(23)32-2/h3-15H,17H2,1-2H3,(H,28,31)(H,29,30)/b20-14-. The summed E-state index contributed by atoms with van der Waals surface area (Å²) in [6.07, 6.45) is 1.46. The van der Waals surface area contributed by atoms with Gasteiger partial charge in [0.2, 0.25) is 0 Å². The fraction of sp³-hybridized carbons (Fsp3) is 0.115. The topological polar surface area (TPSA) is 100 Å². The van der Waals surface area contributed by atoms with E-state index in [1.807, 2.05) is 25.1 Å². The smallest absolute Gasteiger partial charge is 0.266 e. The van der Waals surface area contributed by atoms with Crippen LogP contribution in [0.4, 0.5) is 11.4 Å². The second-order valence-corrected chi connectivity index (χ2v) is 7.10. The predicted molar refractivity (Wildman–Crippen MR) is 127 cm³/mol. The van der Waals surface area contributed by atoms with E-state index < -0.39 is 5.91 Å². The van der Waals surface area contributed by atoms with E-state index in [4.69, 9.17) is 9.47 Å². The first-order chi connectivity index (χ1) is 16.0. The van der Waals surface area contributed by atoms with Crippen LogP contribution in [0.2, 0.25) is 0 Å². The summed E-state index contributed by atoms with van der Waals surface area (Å²) in [5.74, 6) is 0.112.